The fourth-order valence-corrected chi connectivity index (χ4v) is 5.11. The Balaban J connectivity index is 1.88. The Kier molecular flexibility index (Phi) is 16.6. The van der Waals surface area contributed by atoms with Crippen LogP contribution in [0.2, 0.25) is 0 Å². The van der Waals surface area contributed by atoms with Crippen LogP contribution in [0, 0.1) is 10.8 Å². The first-order chi connectivity index (χ1) is 25.3. The minimum absolute atomic E-state index is 0.00131. The van der Waals surface area contributed by atoms with Crippen LogP contribution < -0.4 is 0 Å². The number of rotatable bonds is 6. The number of fused-ring (bicyclic) bond motifs is 4. The standard InChI is InChI=1S/C42H52N2O9/c1-7-21-33(46)41(3,4)35-25-19-15-12-13-17-23-30(45)27-38-44-32(29-51-38)40(49)53-36(42(5,6)34(47)22-8-2)24-18-14-10-9-11-16-20-26-37-43-31(28-50-37)39(48)52-35/h7-23,26,28-30,33-36,45-47H,24-25,27H2,1-6H3. The van der Waals surface area contributed by atoms with Gasteiger partial charge in [-0.05, 0) is 13.8 Å². The first-order valence-corrected chi connectivity index (χ1v) is 17.6. The van der Waals surface area contributed by atoms with Gasteiger partial charge in [-0.25, -0.2) is 19.6 Å². The number of carbonyl (C=O) groups is 2. The summed E-state index contributed by atoms with van der Waals surface area (Å²) in [7, 11) is 0. The molecule has 0 aromatic carbocycles. The monoisotopic (exact) mass is 728 g/mol. The second-order valence-corrected chi connectivity index (χ2v) is 13.6. The number of oxazole rings is 2. The molecule has 11 nitrogen and oxygen atoms in total. The molecule has 3 rings (SSSR count). The van der Waals surface area contributed by atoms with Crippen LogP contribution in [0.3, 0.4) is 0 Å². The maximum atomic E-state index is 13.2. The highest BCUT2D eigenvalue weighted by molar-refractivity contribution is 5.87. The maximum absolute atomic E-state index is 13.2. The summed E-state index contributed by atoms with van der Waals surface area (Å²) < 4.78 is 22.6. The summed E-state index contributed by atoms with van der Waals surface area (Å²) in [5.41, 5.74) is -1.74. The molecular formula is C42H52N2O9. The molecule has 2 aromatic rings. The zero-order valence-electron chi connectivity index (χ0n) is 31.2. The molecule has 4 bridgehead atoms. The van der Waals surface area contributed by atoms with E-state index in [4.69, 9.17) is 18.3 Å². The Morgan fingerprint density at radius 3 is 1.72 bits per heavy atom. The van der Waals surface area contributed by atoms with E-state index in [9.17, 15) is 24.9 Å². The lowest BCUT2D eigenvalue weighted by atomic mass is 9.79. The van der Waals surface area contributed by atoms with E-state index < -0.39 is 53.3 Å². The first-order valence-electron chi connectivity index (χ1n) is 17.6. The van der Waals surface area contributed by atoms with Crippen molar-refractivity contribution in [3.63, 3.8) is 0 Å². The van der Waals surface area contributed by atoms with Gasteiger partial charge in [0.1, 0.15) is 24.7 Å². The molecule has 5 atom stereocenters. The molecule has 53 heavy (non-hydrogen) atoms. The summed E-state index contributed by atoms with van der Waals surface area (Å²) >= 11 is 0. The minimum Gasteiger partial charge on any atom is -0.457 e. The van der Waals surface area contributed by atoms with Gasteiger partial charge in [0, 0.05) is 29.7 Å². The second kappa shape index (κ2) is 20.8. The van der Waals surface area contributed by atoms with Crippen molar-refractivity contribution in [1.82, 2.24) is 9.97 Å². The lowest BCUT2D eigenvalue weighted by molar-refractivity contribution is -0.0461. The molecular weight excluding hydrogens is 676 g/mol. The summed E-state index contributed by atoms with van der Waals surface area (Å²) in [6.45, 7) is 10.9. The normalized spacial score (nSPS) is 21.6. The quantitative estimate of drug-likeness (QED) is 0.201. The minimum atomic E-state index is -0.951. The van der Waals surface area contributed by atoms with Gasteiger partial charge in [0.15, 0.2) is 17.3 Å². The van der Waals surface area contributed by atoms with E-state index in [0.717, 1.165) is 0 Å². The van der Waals surface area contributed by atoms with Crippen molar-refractivity contribution in [2.75, 3.05) is 0 Å². The molecule has 0 radical (unpaired) electrons. The summed E-state index contributed by atoms with van der Waals surface area (Å²) in [6, 6.07) is 0. The van der Waals surface area contributed by atoms with Gasteiger partial charge in [-0.2, -0.15) is 0 Å². The van der Waals surface area contributed by atoms with Crippen molar-refractivity contribution >= 4 is 18.0 Å². The Hall–Kier alpha value is -5.10. The molecule has 3 N–H and O–H groups in total. The number of ether oxygens (including phenoxy) is 2. The van der Waals surface area contributed by atoms with Crippen LogP contribution in [0.4, 0.5) is 0 Å². The van der Waals surface area contributed by atoms with E-state index in [1.807, 2.05) is 39.8 Å². The summed E-state index contributed by atoms with van der Waals surface area (Å²) in [5, 5.41) is 32.2. The van der Waals surface area contributed by atoms with Gasteiger partial charge in [-0.3, -0.25) is 0 Å². The lowest BCUT2D eigenvalue weighted by Gasteiger charge is -2.36. The van der Waals surface area contributed by atoms with Crippen LogP contribution >= 0.6 is 0 Å². The number of carbonyl (C=O) groups excluding carboxylic acids is 2. The van der Waals surface area contributed by atoms with Gasteiger partial charge in [-0.15, -0.1) is 0 Å². The number of cyclic esters (lactones) is 2. The fraction of sp³-hybridized carbons (Fsp3) is 0.381. The fourth-order valence-electron chi connectivity index (χ4n) is 5.11. The number of aromatic nitrogens is 2. The SMILES string of the molecule is CC=CC(O)C(C)(C)C1CC=CC=CC=CC(O)Cc2nc(co2)C(=O)OC(C(C)(C)C(O)C=CC)CC=CC=CC=CC=Cc2nc(co2)C(=O)O1. The maximum Gasteiger partial charge on any atom is 0.360 e. The van der Waals surface area contributed by atoms with Crippen LogP contribution in [0.15, 0.2) is 125 Å². The van der Waals surface area contributed by atoms with Crippen molar-refractivity contribution in [3.8, 4) is 0 Å². The van der Waals surface area contributed by atoms with Gasteiger partial charge < -0.3 is 33.6 Å². The van der Waals surface area contributed by atoms with E-state index in [1.165, 1.54) is 12.5 Å². The van der Waals surface area contributed by atoms with Gasteiger partial charge in [0.2, 0.25) is 5.89 Å². The molecule has 0 saturated carbocycles. The molecule has 11 heteroatoms. The number of allylic oxidation sites excluding steroid dienone is 12. The van der Waals surface area contributed by atoms with Crippen molar-refractivity contribution < 1.29 is 43.2 Å². The lowest BCUT2D eigenvalue weighted by Crippen LogP contribution is -2.42. The zero-order chi connectivity index (χ0) is 38.9. The number of esters is 2. The first kappa shape index (κ1) is 42.3. The Labute approximate surface area is 311 Å². The van der Waals surface area contributed by atoms with Gasteiger partial charge >= 0.3 is 11.9 Å². The molecule has 0 aliphatic carbocycles. The highest BCUT2D eigenvalue weighted by Gasteiger charge is 2.39. The van der Waals surface area contributed by atoms with Gasteiger partial charge in [0.05, 0.1) is 24.7 Å². The van der Waals surface area contributed by atoms with Crippen molar-refractivity contribution in [1.29, 1.82) is 0 Å². The molecule has 0 fully saturated rings. The third-order valence-electron chi connectivity index (χ3n) is 8.74. The van der Waals surface area contributed by atoms with Crippen molar-refractivity contribution in [3.05, 3.63) is 139 Å². The molecule has 2 aromatic heterocycles. The van der Waals surface area contributed by atoms with Crippen molar-refractivity contribution in [2.24, 2.45) is 10.8 Å². The molecule has 1 aliphatic heterocycles. The van der Waals surface area contributed by atoms with Crippen LogP contribution in [0.5, 0.6) is 0 Å². The summed E-state index contributed by atoms with van der Waals surface area (Å²) in [6.07, 6.45) is 30.0. The smallest absolute Gasteiger partial charge is 0.360 e. The molecule has 284 valence electrons. The molecule has 0 spiro atoms. The van der Waals surface area contributed by atoms with Crippen LogP contribution in [-0.2, 0) is 15.9 Å². The molecule has 3 heterocycles. The van der Waals surface area contributed by atoms with E-state index in [-0.39, 0.29) is 29.6 Å². The predicted molar refractivity (Wildman–Crippen MR) is 203 cm³/mol. The van der Waals surface area contributed by atoms with Crippen LogP contribution in [0.25, 0.3) is 6.08 Å². The number of nitrogens with zero attached hydrogens (tertiary/aromatic N) is 2. The topological polar surface area (TPSA) is 165 Å². The average Bonchev–Trinajstić information content (AvgIpc) is 3.79. The van der Waals surface area contributed by atoms with Gasteiger partial charge in [0.25, 0.3) is 0 Å². The summed E-state index contributed by atoms with van der Waals surface area (Å²) in [4.78, 5) is 34.7. The molecule has 1 aliphatic rings. The summed E-state index contributed by atoms with van der Waals surface area (Å²) in [5.74, 6) is -1.03. The predicted octanol–water partition coefficient (Wildman–Crippen LogP) is 7.39. The van der Waals surface area contributed by atoms with E-state index in [1.54, 1.807) is 111 Å². The van der Waals surface area contributed by atoms with E-state index >= 15 is 0 Å². The third-order valence-corrected chi connectivity index (χ3v) is 8.74. The van der Waals surface area contributed by atoms with Crippen LogP contribution in [0.1, 0.15) is 87.1 Å². The second-order valence-electron chi connectivity index (χ2n) is 13.6. The molecule has 5 unspecified atom stereocenters. The van der Waals surface area contributed by atoms with Gasteiger partial charge in [-0.1, -0.05) is 131 Å². The van der Waals surface area contributed by atoms with E-state index in [2.05, 4.69) is 9.97 Å². The Bertz CT molecular complexity index is 1750. The number of hydrogen-bond donors (Lipinski definition) is 3. The molecule has 0 saturated heterocycles. The number of aliphatic hydroxyl groups excluding tert-OH is 3. The number of aliphatic hydroxyl groups is 3. The highest BCUT2D eigenvalue weighted by Crippen LogP contribution is 2.33. The third kappa shape index (κ3) is 13.1. The zero-order valence-corrected chi connectivity index (χ0v) is 31.2. The number of hydrogen-bond acceptors (Lipinski definition) is 11. The van der Waals surface area contributed by atoms with Crippen LogP contribution in [-0.4, -0.2) is 67.7 Å². The Morgan fingerprint density at radius 1 is 0.698 bits per heavy atom. The Morgan fingerprint density at radius 2 is 1.17 bits per heavy atom. The largest absolute Gasteiger partial charge is 0.457 e. The van der Waals surface area contributed by atoms with E-state index in [0.29, 0.717) is 12.8 Å². The van der Waals surface area contributed by atoms with Crippen molar-refractivity contribution in [2.45, 2.75) is 91.3 Å². The highest BCUT2D eigenvalue weighted by atomic mass is 16.6. The average molecular weight is 729 g/mol. The molecule has 0 amide bonds.